The summed E-state index contributed by atoms with van der Waals surface area (Å²) in [5.74, 6) is -0.841. The first kappa shape index (κ1) is 15.1. The molecule has 23 heavy (non-hydrogen) atoms. The molecule has 5 nitrogen and oxygen atoms in total. The van der Waals surface area contributed by atoms with Crippen molar-refractivity contribution in [3.05, 3.63) is 75.1 Å². The summed E-state index contributed by atoms with van der Waals surface area (Å²) in [7, 11) is 0. The normalized spacial score (nSPS) is 10.7. The van der Waals surface area contributed by atoms with Crippen LogP contribution in [0.1, 0.15) is 16.1 Å². The summed E-state index contributed by atoms with van der Waals surface area (Å²) in [6, 6.07) is 12.6. The van der Waals surface area contributed by atoms with Crippen molar-refractivity contribution in [1.29, 1.82) is 0 Å². The quantitative estimate of drug-likeness (QED) is 0.774. The summed E-state index contributed by atoms with van der Waals surface area (Å²) < 4.78 is 5.40. The van der Waals surface area contributed by atoms with Crippen LogP contribution < -0.4 is 10.7 Å². The topological polar surface area (TPSA) is 79.5 Å². The van der Waals surface area contributed by atoms with E-state index in [0.717, 1.165) is 11.6 Å². The van der Waals surface area contributed by atoms with Gasteiger partial charge in [0, 0.05) is 17.6 Å². The van der Waals surface area contributed by atoms with Crippen molar-refractivity contribution in [1.82, 2.24) is 5.32 Å². The number of hydrogen-bond acceptors (Lipinski definition) is 4. The lowest BCUT2D eigenvalue weighted by Crippen LogP contribution is -2.24. The van der Waals surface area contributed by atoms with Crippen LogP contribution in [0.2, 0.25) is 5.02 Å². The van der Waals surface area contributed by atoms with Crippen molar-refractivity contribution < 1.29 is 14.3 Å². The summed E-state index contributed by atoms with van der Waals surface area (Å²) >= 11 is 6.02. The Kier molecular flexibility index (Phi) is 4.04. The summed E-state index contributed by atoms with van der Waals surface area (Å²) in [5.41, 5.74) is 0.427. The zero-order valence-corrected chi connectivity index (χ0v) is 12.6. The fourth-order valence-electron chi connectivity index (χ4n) is 2.21. The molecule has 0 fully saturated rings. The van der Waals surface area contributed by atoms with Crippen molar-refractivity contribution in [2.24, 2.45) is 0 Å². The molecule has 0 radical (unpaired) electrons. The lowest BCUT2D eigenvalue weighted by Gasteiger charge is -2.07. The fraction of sp³-hybridized carbons (Fsp3) is 0.0588. The Morgan fingerprint density at radius 1 is 1.17 bits per heavy atom. The SMILES string of the molecule is O=C(NCc1ccccc1Cl)c1cc(=O)c2c(O)cccc2o1. The van der Waals surface area contributed by atoms with Crippen LogP contribution in [0.5, 0.6) is 5.75 Å². The minimum absolute atomic E-state index is 0.0511. The number of fused-ring (bicyclic) bond motifs is 1. The lowest BCUT2D eigenvalue weighted by atomic mass is 10.2. The standard InChI is InChI=1S/C17H12ClNO4/c18-11-5-2-1-4-10(11)9-19-17(22)15-8-13(21)16-12(20)6-3-7-14(16)23-15/h1-8,20H,9H2,(H,19,22). The van der Waals surface area contributed by atoms with Crippen LogP contribution in [0, 0.1) is 0 Å². The van der Waals surface area contributed by atoms with Gasteiger partial charge in [-0.3, -0.25) is 9.59 Å². The number of benzene rings is 2. The molecule has 0 saturated heterocycles. The third kappa shape index (κ3) is 3.05. The second-order valence-electron chi connectivity index (χ2n) is 4.90. The molecule has 2 aromatic carbocycles. The van der Waals surface area contributed by atoms with Gasteiger partial charge in [-0.25, -0.2) is 0 Å². The average Bonchev–Trinajstić information content (AvgIpc) is 2.53. The van der Waals surface area contributed by atoms with Crippen LogP contribution in [0.25, 0.3) is 11.0 Å². The van der Waals surface area contributed by atoms with E-state index in [9.17, 15) is 14.7 Å². The number of carbonyl (C=O) groups excluding carboxylic acids is 1. The molecule has 0 aliphatic rings. The monoisotopic (exact) mass is 329 g/mol. The molecule has 3 rings (SSSR count). The maximum atomic E-state index is 12.2. The molecular weight excluding hydrogens is 318 g/mol. The van der Waals surface area contributed by atoms with Gasteiger partial charge in [0.2, 0.25) is 0 Å². The Morgan fingerprint density at radius 2 is 1.96 bits per heavy atom. The molecule has 6 heteroatoms. The summed E-state index contributed by atoms with van der Waals surface area (Å²) in [6.45, 7) is 0.209. The highest BCUT2D eigenvalue weighted by atomic mass is 35.5. The van der Waals surface area contributed by atoms with Gasteiger partial charge in [-0.2, -0.15) is 0 Å². The van der Waals surface area contributed by atoms with Gasteiger partial charge in [-0.05, 0) is 23.8 Å². The van der Waals surface area contributed by atoms with Crippen molar-refractivity contribution in [2.45, 2.75) is 6.54 Å². The Morgan fingerprint density at radius 3 is 2.74 bits per heavy atom. The highest BCUT2D eigenvalue weighted by molar-refractivity contribution is 6.31. The van der Waals surface area contributed by atoms with Crippen molar-refractivity contribution in [2.75, 3.05) is 0 Å². The number of carbonyl (C=O) groups is 1. The van der Waals surface area contributed by atoms with Gasteiger partial charge in [0.1, 0.15) is 16.7 Å². The van der Waals surface area contributed by atoms with Gasteiger partial charge in [0.25, 0.3) is 5.91 Å². The van der Waals surface area contributed by atoms with E-state index in [1.165, 1.54) is 18.2 Å². The van der Waals surface area contributed by atoms with E-state index in [2.05, 4.69) is 5.32 Å². The second-order valence-corrected chi connectivity index (χ2v) is 5.31. The van der Waals surface area contributed by atoms with E-state index in [0.29, 0.717) is 5.02 Å². The van der Waals surface area contributed by atoms with Crippen molar-refractivity contribution in [3.63, 3.8) is 0 Å². The van der Waals surface area contributed by atoms with Gasteiger partial charge in [0.05, 0.1) is 0 Å². The molecule has 1 heterocycles. The molecule has 0 bridgehead atoms. The number of hydrogen-bond donors (Lipinski definition) is 2. The highest BCUT2D eigenvalue weighted by Gasteiger charge is 2.14. The van der Waals surface area contributed by atoms with Crippen LogP contribution in [-0.2, 0) is 6.54 Å². The summed E-state index contributed by atoms with van der Waals surface area (Å²) in [6.07, 6.45) is 0. The number of phenolic OH excluding ortho intramolecular Hbond substituents is 1. The van der Waals surface area contributed by atoms with Crippen molar-refractivity contribution in [3.8, 4) is 5.75 Å². The average molecular weight is 330 g/mol. The minimum Gasteiger partial charge on any atom is -0.507 e. The summed E-state index contributed by atoms with van der Waals surface area (Å²) in [5, 5.41) is 12.9. The Balaban J connectivity index is 1.87. The van der Waals surface area contributed by atoms with Crippen molar-refractivity contribution >= 4 is 28.5 Å². The van der Waals surface area contributed by atoms with Gasteiger partial charge in [-0.15, -0.1) is 0 Å². The molecule has 0 unspecified atom stereocenters. The number of aromatic hydroxyl groups is 1. The molecule has 2 N–H and O–H groups in total. The predicted molar refractivity (Wildman–Crippen MR) is 86.8 cm³/mol. The molecular formula is C17H12ClNO4. The summed E-state index contributed by atoms with van der Waals surface area (Å²) in [4.78, 5) is 24.2. The first-order chi connectivity index (χ1) is 11.1. The van der Waals surface area contributed by atoms with Gasteiger partial charge >= 0.3 is 0 Å². The zero-order chi connectivity index (χ0) is 16.4. The van der Waals surface area contributed by atoms with E-state index in [1.807, 2.05) is 6.07 Å². The third-order valence-corrected chi connectivity index (χ3v) is 3.72. The molecule has 0 spiro atoms. The second kappa shape index (κ2) is 6.14. The minimum atomic E-state index is -0.535. The fourth-order valence-corrected chi connectivity index (χ4v) is 2.41. The third-order valence-electron chi connectivity index (χ3n) is 3.35. The van der Waals surface area contributed by atoms with Crippen LogP contribution in [0.3, 0.4) is 0 Å². The van der Waals surface area contributed by atoms with Crippen LogP contribution >= 0.6 is 11.6 Å². The molecule has 1 aromatic heterocycles. The van der Waals surface area contributed by atoms with Gasteiger partial charge < -0.3 is 14.8 Å². The zero-order valence-electron chi connectivity index (χ0n) is 11.9. The Labute approximate surface area is 136 Å². The number of phenols is 1. The van der Waals surface area contributed by atoms with E-state index in [4.69, 9.17) is 16.0 Å². The van der Waals surface area contributed by atoms with Crippen LogP contribution in [-0.4, -0.2) is 11.0 Å². The first-order valence-electron chi connectivity index (χ1n) is 6.83. The van der Waals surface area contributed by atoms with Gasteiger partial charge in [0.15, 0.2) is 11.2 Å². The van der Waals surface area contributed by atoms with E-state index in [1.54, 1.807) is 18.2 Å². The molecule has 0 atom stereocenters. The number of rotatable bonds is 3. The maximum Gasteiger partial charge on any atom is 0.287 e. The number of nitrogens with one attached hydrogen (secondary N) is 1. The highest BCUT2D eigenvalue weighted by Crippen LogP contribution is 2.21. The first-order valence-corrected chi connectivity index (χ1v) is 7.21. The van der Waals surface area contributed by atoms with Crippen LogP contribution in [0.15, 0.2) is 57.7 Å². The molecule has 1 amide bonds. The van der Waals surface area contributed by atoms with E-state index < -0.39 is 11.3 Å². The maximum absolute atomic E-state index is 12.2. The number of halogens is 1. The molecule has 0 aliphatic heterocycles. The van der Waals surface area contributed by atoms with E-state index in [-0.39, 0.29) is 29.0 Å². The lowest BCUT2D eigenvalue weighted by molar-refractivity contribution is 0.0923. The smallest absolute Gasteiger partial charge is 0.287 e. The molecule has 0 saturated carbocycles. The molecule has 3 aromatic rings. The van der Waals surface area contributed by atoms with E-state index >= 15 is 0 Å². The van der Waals surface area contributed by atoms with Gasteiger partial charge in [-0.1, -0.05) is 35.9 Å². The van der Waals surface area contributed by atoms with Crippen LogP contribution in [0.4, 0.5) is 0 Å². The predicted octanol–water partition coefficient (Wildman–Crippen LogP) is 3.08. The largest absolute Gasteiger partial charge is 0.507 e. The molecule has 116 valence electrons. The Hall–Kier alpha value is -2.79. The molecule has 0 aliphatic carbocycles. The number of amides is 1. The Bertz CT molecular complexity index is 949.